The number of hydrogen-bond donors (Lipinski definition) is 0. The third-order valence-electron chi connectivity index (χ3n) is 5.35. The van der Waals surface area contributed by atoms with Gasteiger partial charge in [-0.15, -0.1) is 0 Å². The summed E-state index contributed by atoms with van der Waals surface area (Å²) in [5, 5.41) is 0. The van der Waals surface area contributed by atoms with Crippen molar-refractivity contribution in [3.05, 3.63) is 30.2 Å². The highest BCUT2D eigenvalue weighted by molar-refractivity contribution is 6.02. The highest BCUT2D eigenvalue weighted by Crippen LogP contribution is 2.39. The first kappa shape index (κ1) is 15.2. The van der Waals surface area contributed by atoms with E-state index in [9.17, 15) is 14.4 Å². The molecule has 0 radical (unpaired) electrons. The molecule has 2 bridgehead atoms. The van der Waals surface area contributed by atoms with Crippen LogP contribution in [0.1, 0.15) is 44.3 Å². The van der Waals surface area contributed by atoms with Gasteiger partial charge in [0, 0.05) is 37.0 Å². The van der Waals surface area contributed by atoms with Crippen molar-refractivity contribution in [1.29, 1.82) is 0 Å². The van der Waals surface area contributed by atoms with E-state index in [1.54, 1.807) is 30.5 Å². The fourth-order valence-corrected chi connectivity index (χ4v) is 4.35. The predicted octanol–water partition coefficient (Wildman–Crippen LogP) is 1.96. The predicted molar refractivity (Wildman–Crippen MR) is 85.5 cm³/mol. The van der Waals surface area contributed by atoms with Crippen LogP contribution in [0.25, 0.3) is 6.08 Å². The lowest BCUT2D eigenvalue weighted by atomic mass is 9.95. The summed E-state index contributed by atoms with van der Waals surface area (Å²) in [7, 11) is 0. The Morgan fingerprint density at radius 3 is 2.33 bits per heavy atom. The van der Waals surface area contributed by atoms with E-state index >= 15 is 0 Å². The fraction of sp³-hybridized carbons (Fsp3) is 0.500. The second-order valence-corrected chi connectivity index (χ2v) is 6.76. The third-order valence-corrected chi connectivity index (χ3v) is 5.35. The molecule has 3 aliphatic rings. The van der Waals surface area contributed by atoms with Gasteiger partial charge in [0.15, 0.2) is 0 Å². The zero-order valence-corrected chi connectivity index (χ0v) is 13.4. The van der Waals surface area contributed by atoms with Crippen molar-refractivity contribution < 1.29 is 18.8 Å². The lowest BCUT2D eigenvalue weighted by Gasteiger charge is -2.41. The molecule has 0 aromatic carbocycles. The number of imide groups is 1. The van der Waals surface area contributed by atoms with Crippen molar-refractivity contribution in [1.82, 2.24) is 9.80 Å². The highest BCUT2D eigenvalue weighted by Gasteiger charge is 2.47. The Morgan fingerprint density at radius 1 is 1.08 bits per heavy atom. The maximum absolute atomic E-state index is 12.6. The number of hydrogen-bond acceptors (Lipinski definition) is 4. The zero-order chi connectivity index (χ0) is 16.7. The number of fused-ring (bicyclic) bond motifs is 2. The molecule has 2 atom stereocenters. The average molecular weight is 328 g/mol. The number of nitrogens with zero attached hydrogens (tertiary/aromatic N) is 2. The molecule has 3 amide bonds. The molecule has 0 spiro atoms. The number of carbonyl (C=O) groups is 3. The van der Waals surface area contributed by atoms with Crippen molar-refractivity contribution in [2.24, 2.45) is 0 Å². The lowest BCUT2D eigenvalue weighted by Crippen LogP contribution is -2.53. The molecule has 1 aromatic rings. The molecule has 0 N–H and O–H groups in total. The zero-order valence-electron chi connectivity index (χ0n) is 13.4. The Labute approximate surface area is 140 Å². The van der Waals surface area contributed by atoms with Crippen molar-refractivity contribution >= 4 is 23.8 Å². The Morgan fingerprint density at radius 2 is 1.75 bits per heavy atom. The first-order valence-electron chi connectivity index (χ1n) is 8.52. The standard InChI is InChI=1S/C18H20N2O4/c21-16(6-5-15-2-1-9-24-15)19-12-3-4-13(19)11-14(10-12)20-17(22)7-8-18(20)23/h1-2,5-6,9,12-14H,3-4,7-8,10-11H2. The van der Waals surface area contributed by atoms with Gasteiger partial charge in [0.05, 0.1) is 6.26 Å². The molecule has 1 aromatic heterocycles. The molecule has 126 valence electrons. The summed E-state index contributed by atoms with van der Waals surface area (Å²) in [6.45, 7) is 0. The van der Waals surface area contributed by atoms with Crippen LogP contribution in [0.5, 0.6) is 0 Å². The first-order chi connectivity index (χ1) is 11.6. The van der Waals surface area contributed by atoms with Gasteiger partial charge < -0.3 is 9.32 Å². The van der Waals surface area contributed by atoms with E-state index in [4.69, 9.17) is 4.42 Å². The van der Waals surface area contributed by atoms with Gasteiger partial charge in [0.2, 0.25) is 17.7 Å². The molecular formula is C18H20N2O4. The first-order valence-corrected chi connectivity index (χ1v) is 8.52. The Hall–Kier alpha value is -2.37. The molecule has 2 unspecified atom stereocenters. The molecule has 24 heavy (non-hydrogen) atoms. The summed E-state index contributed by atoms with van der Waals surface area (Å²) in [5.41, 5.74) is 0. The molecule has 3 aliphatic heterocycles. The quantitative estimate of drug-likeness (QED) is 0.628. The number of carbonyl (C=O) groups excluding carboxylic acids is 3. The molecule has 6 heteroatoms. The van der Waals surface area contributed by atoms with Crippen LogP contribution >= 0.6 is 0 Å². The van der Waals surface area contributed by atoms with Crippen LogP contribution in [0, 0.1) is 0 Å². The normalized spacial score (nSPS) is 29.9. The van der Waals surface area contributed by atoms with Crippen LogP contribution in [-0.4, -0.2) is 45.6 Å². The number of rotatable bonds is 3. The number of amides is 3. The topological polar surface area (TPSA) is 70.8 Å². The second kappa shape index (κ2) is 5.92. The van der Waals surface area contributed by atoms with Gasteiger partial charge in [-0.1, -0.05) is 0 Å². The Balaban J connectivity index is 1.46. The van der Waals surface area contributed by atoms with E-state index in [-0.39, 0.29) is 35.8 Å². The van der Waals surface area contributed by atoms with Crippen molar-refractivity contribution in [2.75, 3.05) is 0 Å². The Kier molecular flexibility index (Phi) is 3.75. The van der Waals surface area contributed by atoms with Crippen molar-refractivity contribution in [3.63, 3.8) is 0 Å². The van der Waals surface area contributed by atoms with Gasteiger partial charge in [0.25, 0.3) is 0 Å². The third kappa shape index (κ3) is 2.56. The van der Waals surface area contributed by atoms with Gasteiger partial charge >= 0.3 is 0 Å². The van der Waals surface area contributed by atoms with Crippen molar-refractivity contribution in [2.45, 2.75) is 56.7 Å². The molecule has 3 saturated heterocycles. The highest BCUT2D eigenvalue weighted by atomic mass is 16.3. The fourth-order valence-electron chi connectivity index (χ4n) is 4.35. The van der Waals surface area contributed by atoms with E-state index in [0.29, 0.717) is 31.4 Å². The van der Waals surface area contributed by atoms with Crippen LogP contribution in [0.2, 0.25) is 0 Å². The maximum Gasteiger partial charge on any atom is 0.247 e. The summed E-state index contributed by atoms with van der Waals surface area (Å²) >= 11 is 0. The molecule has 0 aliphatic carbocycles. The molecular weight excluding hydrogens is 308 g/mol. The smallest absolute Gasteiger partial charge is 0.247 e. The number of furan rings is 1. The molecule has 6 nitrogen and oxygen atoms in total. The number of likely N-dealkylation sites (tertiary alicyclic amines) is 1. The molecule has 4 rings (SSSR count). The van der Waals surface area contributed by atoms with Crippen LogP contribution in [-0.2, 0) is 14.4 Å². The second-order valence-electron chi connectivity index (χ2n) is 6.76. The van der Waals surface area contributed by atoms with E-state index in [2.05, 4.69) is 0 Å². The van der Waals surface area contributed by atoms with Gasteiger partial charge in [-0.05, 0) is 43.9 Å². The lowest BCUT2D eigenvalue weighted by molar-refractivity contribution is -0.143. The van der Waals surface area contributed by atoms with Gasteiger partial charge in [-0.25, -0.2) is 0 Å². The van der Waals surface area contributed by atoms with E-state index in [1.807, 2.05) is 4.90 Å². The summed E-state index contributed by atoms with van der Waals surface area (Å²) < 4.78 is 5.21. The van der Waals surface area contributed by atoms with E-state index < -0.39 is 0 Å². The summed E-state index contributed by atoms with van der Waals surface area (Å²) in [4.78, 5) is 39.9. The van der Waals surface area contributed by atoms with Crippen molar-refractivity contribution in [3.8, 4) is 0 Å². The minimum Gasteiger partial charge on any atom is -0.465 e. The maximum atomic E-state index is 12.6. The van der Waals surface area contributed by atoms with Gasteiger partial charge in [-0.3, -0.25) is 19.3 Å². The average Bonchev–Trinajstić information content (AvgIpc) is 3.25. The molecule has 0 saturated carbocycles. The summed E-state index contributed by atoms with van der Waals surface area (Å²) in [6, 6.07) is 3.77. The van der Waals surface area contributed by atoms with E-state index in [1.165, 1.54) is 4.90 Å². The minimum atomic E-state index is -0.0538. The van der Waals surface area contributed by atoms with Gasteiger partial charge in [-0.2, -0.15) is 0 Å². The largest absolute Gasteiger partial charge is 0.465 e. The molecule has 4 heterocycles. The Bertz CT molecular complexity index is 664. The van der Waals surface area contributed by atoms with Crippen LogP contribution in [0.15, 0.2) is 28.9 Å². The van der Waals surface area contributed by atoms with Crippen LogP contribution < -0.4 is 0 Å². The van der Waals surface area contributed by atoms with Gasteiger partial charge in [0.1, 0.15) is 5.76 Å². The van der Waals surface area contributed by atoms with Crippen LogP contribution in [0.3, 0.4) is 0 Å². The number of piperidine rings is 1. The summed E-state index contributed by atoms with van der Waals surface area (Å²) in [6.07, 6.45) is 8.76. The van der Waals surface area contributed by atoms with E-state index in [0.717, 1.165) is 12.8 Å². The monoisotopic (exact) mass is 328 g/mol. The summed E-state index contributed by atoms with van der Waals surface area (Å²) in [5.74, 6) is 0.527. The van der Waals surface area contributed by atoms with Crippen LogP contribution in [0.4, 0.5) is 0 Å². The SMILES string of the molecule is O=C1CCC(=O)N1C1CC2CCC(C1)N2C(=O)C=Cc1ccco1. The molecule has 3 fully saturated rings. The minimum absolute atomic E-state index is 0.0172.